The fourth-order valence-electron chi connectivity index (χ4n) is 3.44. The molecule has 1 aliphatic carbocycles. The highest BCUT2D eigenvalue weighted by atomic mass is 16.5. The molecule has 132 valence electrons. The van der Waals surface area contributed by atoms with Gasteiger partial charge in [0, 0.05) is 5.69 Å². The molecule has 2 aromatic rings. The quantitative estimate of drug-likeness (QED) is 0.836. The highest BCUT2D eigenvalue weighted by Crippen LogP contribution is 2.26. The number of benzene rings is 2. The van der Waals surface area contributed by atoms with Gasteiger partial charge >= 0.3 is 0 Å². The molecule has 3 heteroatoms. The Labute approximate surface area is 150 Å². The Kier molecular flexibility index (Phi) is 5.42. The standard InChI is InChI=1S/C22H27NO2/c1-4-21(22(24)23-20-12-9-15(2)13-16(20)3)25-19-11-10-17-7-5-6-8-18(17)14-19/h9-14,21H,4-8H2,1-3H3,(H,23,24)/t21-/m0/s1. The van der Waals surface area contributed by atoms with Crippen molar-refractivity contribution < 1.29 is 9.53 Å². The van der Waals surface area contributed by atoms with Crippen LogP contribution in [0.25, 0.3) is 0 Å². The van der Waals surface area contributed by atoms with Gasteiger partial charge in [-0.1, -0.05) is 30.7 Å². The lowest BCUT2D eigenvalue weighted by atomic mass is 9.92. The zero-order chi connectivity index (χ0) is 17.8. The summed E-state index contributed by atoms with van der Waals surface area (Å²) in [4.78, 5) is 12.6. The molecule has 0 heterocycles. The number of hydrogen-bond donors (Lipinski definition) is 1. The summed E-state index contributed by atoms with van der Waals surface area (Å²) >= 11 is 0. The third kappa shape index (κ3) is 4.22. The molecule has 0 aliphatic heterocycles. The summed E-state index contributed by atoms with van der Waals surface area (Å²) in [5, 5.41) is 3.01. The van der Waals surface area contributed by atoms with Crippen LogP contribution in [0.2, 0.25) is 0 Å². The van der Waals surface area contributed by atoms with Crippen LogP contribution in [0, 0.1) is 13.8 Å². The minimum atomic E-state index is -0.484. The van der Waals surface area contributed by atoms with E-state index in [2.05, 4.69) is 23.5 Å². The Morgan fingerprint density at radius 3 is 2.56 bits per heavy atom. The Morgan fingerprint density at radius 2 is 1.84 bits per heavy atom. The van der Waals surface area contributed by atoms with Gasteiger partial charge < -0.3 is 10.1 Å². The van der Waals surface area contributed by atoms with E-state index in [0.29, 0.717) is 6.42 Å². The summed E-state index contributed by atoms with van der Waals surface area (Å²) < 4.78 is 6.02. The molecule has 0 saturated heterocycles. The lowest BCUT2D eigenvalue weighted by Crippen LogP contribution is -2.32. The van der Waals surface area contributed by atoms with Crippen molar-refractivity contribution in [2.45, 2.75) is 59.0 Å². The van der Waals surface area contributed by atoms with Crippen molar-refractivity contribution in [1.29, 1.82) is 0 Å². The highest BCUT2D eigenvalue weighted by molar-refractivity contribution is 5.95. The number of hydrogen-bond acceptors (Lipinski definition) is 2. The summed E-state index contributed by atoms with van der Waals surface area (Å²) in [5.41, 5.74) is 5.90. The molecule has 3 rings (SSSR count). The van der Waals surface area contributed by atoms with Crippen LogP contribution < -0.4 is 10.1 Å². The van der Waals surface area contributed by atoms with Crippen molar-refractivity contribution >= 4 is 11.6 Å². The summed E-state index contributed by atoms with van der Waals surface area (Å²) in [7, 11) is 0. The van der Waals surface area contributed by atoms with Crippen molar-refractivity contribution in [1.82, 2.24) is 0 Å². The number of amides is 1. The monoisotopic (exact) mass is 337 g/mol. The second-order valence-corrected chi connectivity index (χ2v) is 6.96. The zero-order valence-corrected chi connectivity index (χ0v) is 15.4. The first-order valence-electron chi connectivity index (χ1n) is 9.23. The van der Waals surface area contributed by atoms with E-state index in [0.717, 1.165) is 29.8 Å². The number of rotatable bonds is 5. The lowest BCUT2D eigenvalue weighted by Gasteiger charge is -2.21. The van der Waals surface area contributed by atoms with Gasteiger partial charge in [-0.05, 0) is 80.8 Å². The number of ether oxygens (including phenoxy) is 1. The number of aryl methyl sites for hydroxylation is 4. The molecule has 0 saturated carbocycles. The van der Waals surface area contributed by atoms with E-state index in [-0.39, 0.29) is 5.91 Å². The molecule has 0 unspecified atom stereocenters. The molecule has 0 aromatic heterocycles. The van der Waals surface area contributed by atoms with Gasteiger partial charge in [0.1, 0.15) is 5.75 Å². The number of fused-ring (bicyclic) bond motifs is 1. The molecular formula is C22H27NO2. The van der Waals surface area contributed by atoms with Gasteiger partial charge in [-0.25, -0.2) is 0 Å². The van der Waals surface area contributed by atoms with Crippen LogP contribution in [0.1, 0.15) is 48.4 Å². The highest BCUT2D eigenvalue weighted by Gasteiger charge is 2.20. The summed E-state index contributed by atoms with van der Waals surface area (Å²) in [6, 6.07) is 12.3. The average Bonchev–Trinajstić information content (AvgIpc) is 2.61. The molecule has 1 amide bonds. The second-order valence-electron chi connectivity index (χ2n) is 6.96. The van der Waals surface area contributed by atoms with E-state index >= 15 is 0 Å². The van der Waals surface area contributed by atoms with Gasteiger partial charge in [0.15, 0.2) is 6.10 Å². The maximum atomic E-state index is 12.6. The third-order valence-electron chi connectivity index (χ3n) is 4.90. The molecule has 3 nitrogen and oxygen atoms in total. The van der Waals surface area contributed by atoms with E-state index in [4.69, 9.17) is 4.74 Å². The Morgan fingerprint density at radius 1 is 1.08 bits per heavy atom. The number of carbonyl (C=O) groups is 1. The number of nitrogens with one attached hydrogen (secondary N) is 1. The number of carbonyl (C=O) groups excluding carboxylic acids is 1. The smallest absolute Gasteiger partial charge is 0.265 e. The molecule has 25 heavy (non-hydrogen) atoms. The third-order valence-corrected chi connectivity index (χ3v) is 4.90. The molecule has 1 aliphatic rings. The Bertz CT molecular complexity index is 767. The minimum Gasteiger partial charge on any atom is -0.481 e. The van der Waals surface area contributed by atoms with Crippen molar-refractivity contribution in [3.05, 3.63) is 58.7 Å². The van der Waals surface area contributed by atoms with Gasteiger partial charge in [0.25, 0.3) is 5.91 Å². The van der Waals surface area contributed by atoms with E-state index < -0.39 is 6.10 Å². The topological polar surface area (TPSA) is 38.3 Å². The first kappa shape index (κ1) is 17.5. The van der Waals surface area contributed by atoms with Crippen molar-refractivity contribution in [3.8, 4) is 5.75 Å². The first-order chi connectivity index (χ1) is 12.1. The van der Waals surface area contributed by atoms with E-state index in [1.54, 1.807) is 0 Å². The van der Waals surface area contributed by atoms with Gasteiger partial charge in [0.2, 0.25) is 0 Å². The zero-order valence-electron chi connectivity index (χ0n) is 15.4. The van der Waals surface area contributed by atoms with Gasteiger partial charge in [-0.3, -0.25) is 4.79 Å². The fourth-order valence-corrected chi connectivity index (χ4v) is 3.44. The SMILES string of the molecule is CC[C@H](Oc1ccc2c(c1)CCCC2)C(=O)Nc1ccc(C)cc1C. The Balaban J connectivity index is 1.70. The van der Waals surface area contributed by atoms with Crippen LogP contribution >= 0.6 is 0 Å². The van der Waals surface area contributed by atoms with Crippen LogP contribution in [0.15, 0.2) is 36.4 Å². The van der Waals surface area contributed by atoms with E-state index in [9.17, 15) is 4.79 Å². The second kappa shape index (κ2) is 7.73. The predicted octanol–water partition coefficient (Wildman–Crippen LogP) is 4.98. The van der Waals surface area contributed by atoms with Crippen LogP contribution in [0.5, 0.6) is 5.75 Å². The molecule has 0 fully saturated rings. The van der Waals surface area contributed by atoms with Crippen molar-refractivity contribution in [2.24, 2.45) is 0 Å². The number of anilines is 1. The molecule has 2 aromatic carbocycles. The molecule has 0 spiro atoms. The summed E-state index contributed by atoms with van der Waals surface area (Å²) in [6.45, 7) is 6.03. The fraction of sp³-hybridized carbons (Fsp3) is 0.409. The Hall–Kier alpha value is -2.29. The van der Waals surface area contributed by atoms with E-state index in [1.165, 1.54) is 29.5 Å². The molecule has 1 atom stereocenters. The maximum Gasteiger partial charge on any atom is 0.265 e. The molecule has 1 N–H and O–H groups in total. The van der Waals surface area contributed by atoms with Gasteiger partial charge in [0.05, 0.1) is 0 Å². The van der Waals surface area contributed by atoms with E-state index in [1.807, 2.05) is 39.0 Å². The van der Waals surface area contributed by atoms with Crippen molar-refractivity contribution in [3.63, 3.8) is 0 Å². The van der Waals surface area contributed by atoms with Gasteiger partial charge in [-0.2, -0.15) is 0 Å². The van der Waals surface area contributed by atoms with Crippen LogP contribution in [-0.2, 0) is 17.6 Å². The summed E-state index contributed by atoms with van der Waals surface area (Å²) in [5.74, 6) is 0.704. The summed E-state index contributed by atoms with van der Waals surface area (Å²) in [6.07, 6.45) is 4.91. The predicted molar refractivity (Wildman–Crippen MR) is 102 cm³/mol. The van der Waals surface area contributed by atoms with Crippen molar-refractivity contribution in [2.75, 3.05) is 5.32 Å². The molecule has 0 bridgehead atoms. The maximum absolute atomic E-state index is 12.6. The normalized spacial score (nSPS) is 14.5. The van der Waals surface area contributed by atoms with Crippen LogP contribution in [0.4, 0.5) is 5.69 Å². The molecular weight excluding hydrogens is 310 g/mol. The molecule has 0 radical (unpaired) electrons. The minimum absolute atomic E-state index is 0.0906. The largest absolute Gasteiger partial charge is 0.481 e. The van der Waals surface area contributed by atoms with Crippen LogP contribution in [0.3, 0.4) is 0 Å². The average molecular weight is 337 g/mol. The lowest BCUT2D eigenvalue weighted by molar-refractivity contribution is -0.122. The first-order valence-corrected chi connectivity index (χ1v) is 9.23. The van der Waals surface area contributed by atoms with Crippen LogP contribution in [-0.4, -0.2) is 12.0 Å². The van der Waals surface area contributed by atoms with Gasteiger partial charge in [-0.15, -0.1) is 0 Å².